The normalized spacial score (nSPS) is 18.5. The number of amides is 2. The Hall–Kier alpha value is -2.82. The van der Waals surface area contributed by atoms with Crippen LogP contribution in [0.1, 0.15) is 49.0 Å². The van der Waals surface area contributed by atoms with Crippen molar-refractivity contribution in [1.82, 2.24) is 5.32 Å². The first-order valence-electron chi connectivity index (χ1n) is 9.25. The predicted molar refractivity (Wildman–Crippen MR) is 106 cm³/mol. The molecule has 0 radical (unpaired) electrons. The van der Waals surface area contributed by atoms with E-state index in [1.165, 1.54) is 5.56 Å². The van der Waals surface area contributed by atoms with Crippen LogP contribution >= 0.6 is 0 Å². The molecule has 2 amide bonds. The average molecular weight is 366 g/mol. The van der Waals surface area contributed by atoms with Crippen LogP contribution in [0.15, 0.2) is 54.6 Å². The third kappa shape index (κ3) is 5.58. The van der Waals surface area contributed by atoms with Gasteiger partial charge in [-0.2, -0.15) is 0 Å². The number of hydrogen-bond acceptors (Lipinski definition) is 3. The summed E-state index contributed by atoms with van der Waals surface area (Å²) >= 11 is 0. The zero-order valence-electron chi connectivity index (χ0n) is 16.0. The fraction of sp³-hybridized carbons (Fsp3) is 0.364. The molecular weight excluding hydrogens is 340 g/mol. The van der Waals surface area contributed by atoms with Gasteiger partial charge in [0.05, 0.1) is 0 Å². The molecule has 2 aromatic rings. The van der Waals surface area contributed by atoms with E-state index in [0.717, 1.165) is 12.1 Å². The van der Waals surface area contributed by atoms with Gasteiger partial charge in [0, 0.05) is 17.8 Å². The van der Waals surface area contributed by atoms with Crippen LogP contribution in [-0.4, -0.2) is 24.1 Å². The van der Waals surface area contributed by atoms with Crippen molar-refractivity contribution >= 4 is 17.7 Å². The zero-order chi connectivity index (χ0) is 19.4. The molecule has 2 aromatic carbocycles. The van der Waals surface area contributed by atoms with Crippen molar-refractivity contribution in [2.24, 2.45) is 5.92 Å². The van der Waals surface area contributed by atoms with Gasteiger partial charge in [-0.3, -0.25) is 4.79 Å². The number of carbonyl (C=O) groups excluding carboxylic acids is 2. The van der Waals surface area contributed by atoms with Crippen molar-refractivity contribution in [3.63, 3.8) is 0 Å². The Bertz CT molecular complexity index is 812. The molecule has 27 heavy (non-hydrogen) atoms. The average Bonchev–Trinajstić information content (AvgIpc) is 3.39. The van der Waals surface area contributed by atoms with E-state index in [1.807, 2.05) is 57.2 Å². The van der Waals surface area contributed by atoms with Gasteiger partial charge in [0.25, 0.3) is 5.91 Å². The molecule has 2 unspecified atom stereocenters. The van der Waals surface area contributed by atoms with E-state index in [2.05, 4.69) is 16.7 Å². The van der Waals surface area contributed by atoms with Crippen LogP contribution in [0.4, 0.5) is 10.5 Å². The highest BCUT2D eigenvalue weighted by atomic mass is 16.6. The fourth-order valence-electron chi connectivity index (χ4n) is 3.05. The van der Waals surface area contributed by atoms with E-state index in [1.54, 1.807) is 12.1 Å². The van der Waals surface area contributed by atoms with Crippen LogP contribution in [0.25, 0.3) is 0 Å². The maximum atomic E-state index is 12.3. The van der Waals surface area contributed by atoms with E-state index < -0.39 is 5.60 Å². The van der Waals surface area contributed by atoms with Gasteiger partial charge in [-0.1, -0.05) is 30.3 Å². The van der Waals surface area contributed by atoms with Crippen LogP contribution in [0, 0.1) is 5.92 Å². The summed E-state index contributed by atoms with van der Waals surface area (Å²) in [5.74, 6) is 0.679. The zero-order valence-corrected chi connectivity index (χ0v) is 16.0. The van der Waals surface area contributed by atoms with Gasteiger partial charge in [-0.25, -0.2) is 4.79 Å². The van der Waals surface area contributed by atoms with E-state index in [0.29, 0.717) is 23.9 Å². The lowest BCUT2D eigenvalue weighted by Crippen LogP contribution is -2.33. The molecule has 1 fully saturated rings. The second kappa shape index (κ2) is 7.82. The van der Waals surface area contributed by atoms with Crippen LogP contribution in [0.2, 0.25) is 0 Å². The topological polar surface area (TPSA) is 67.4 Å². The highest BCUT2D eigenvalue weighted by Gasteiger charge is 2.38. The van der Waals surface area contributed by atoms with Crippen molar-refractivity contribution in [2.45, 2.75) is 38.7 Å². The number of anilines is 1. The number of carbonyl (C=O) groups is 2. The summed E-state index contributed by atoms with van der Waals surface area (Å²) in [6.07, 6.45) is 0.642. The third-order valence-corrected chi connectivity index (χ3v) is 4.44. The molecule has 0 spiro atoms. The molecule has 1 aliphatic rings. The van der Waals surface area contributed by atoms with Gasteiger partial charge < -0.3 is 15.4 Å². The summed E-state index contributed by atoms with van der Waals surface area (Å²) in [5, 5.41) is 5.78. The first-order valence-corrected chi connectivity index (χ1v) is 9.25. The van der Waals surface area contributed by atoms with Gasteiger partial charge in [0.2, 0.25) is 0 Å². The Kier molecular flexibility index (Phi) is 5.49. The summed E-state index contributed by atoms with van der Waals surface area (Å²) in [4.78, 5) is 24.1. The Morgan fingerprint density at radius 2 is 1.81 bits per heavy atom. The molecule has 0 saturated heterocycles. The first-order chi connectivity index (χ1) is 12.8. The van der Waals surface area contributed by atoms with E-state index in [4.69, 9.17) is 4.74 Å². The van der Waals surface area contributed by atoms with Gasteiger partial charge in [-0.15, -0.1) is 0 Å². The molecular formula is C22H26N2O3. The number of nitrogens with one attached hydrogen (secondary N) is 2. The minimum absolute atomic E-state index is 0.119. The van der Waals surface area contributed by atoms with Crippen molar-refractivity contribution in [3.05, 3.63) is 65.7 Å². The SMILES string of the molecule is CC(C)(C)OC(=O)NCC1CC1c1cccc(NC(=O)c2ccccc2)c1. The Morgan fingerprint density at radius 3 is 2.52 bits per heavy atom. The van der Waals surface area contributed by atoms with Crippen LogP contribution in [-0.2, 0) is 4.74 Å². The van der Waals surface area contributed by atoms with Gasteiger partial charge in [-0.05, 0) is 68.9 Å². The summed E-state index contributed by atoms with van der Waals surface area (Å²) in [7, 11) is 0. The highest BCUT2D eigenvalue weighted by molar-refractivity contribution is 6.04. The second-order valence-electron chi connectivity index (χ2n) is 7.93. The van der Waals surface area contributed by atoms with Crippen molar-refractivity contribution in [1.29, 1.82) is 0 Å². The molecule has 3 rings (SSSR count). The molecule has 5 heteroatoms. The number of hydrogen-bond donors (Lipinski definition) is 2. The minimum atomic E-state index is -0.488. The standard InChI is InChI=1S/C22H26N2O3/c1-22(2,3)27-21(26)23-14-17-13-19(17)16-10-7-11-18(12-16)24-20(25)15-8-5-4-6-9-15/h4-12,17,19H,13-14H2,1-3H3,(H,23,26)(H,24,25). The Labute approximate surface area is 160 Å². The molecule has 2 atom stereocenters. The van der Waals surface area contributed by atoms with Crippen molar-refractivity contribution in [3.8, 4) is 0 Å². The second-order valence-corrected chi connectivity index (χ2v) is 7.93. The molecule has 0 aliphatic heterocycles. The monoisotopic (exact) mass is 366 g/mol. The lowest BCUT2D eigenvalue weighted by atomic mass is 10.1. The summed E-state index contributed by atoms with van der Waals surface area (Å²) in [5.41, 5.74) is 2.11. The first kappa shape index (κ1) is 19.0. The number of benzene rings is 2. The smallest absolute Gasteiger partial charge is 0.407 e. The van der Waals surface area contributed by atoms with Crippen molar-refractivity contribution < 1.29 is 14.3 Å². The lowest BCUT2D eigenvalue weighted by molar-refractivity contribution is 0.0525. The summed E-state index contributed by atoms with van der Waals surface area (Å²) in [6.45, 7) is 6.14. The number of rotatable bonds is 5. The van der Waals surface area contributed by atoms with Crippen LogP contribution < -0.4 is 10.6 Å². The molecule has 2 N–H and O–H groups in total. The summed E-state index contributed by atoms with van der Waals surface area (Å²) < 4.78 is 5.26. The lowest BCUT2D eigenvalue weighted by Gasteiger charge is -2.19. The molecule has 1 saturated carbocycles. The summed E-state index contributed by atoms with van der Waals surface area (Å²) in [6, 6.07) is 17.1. The van der Waals surface area contributed by atoms with E-state index in [-0.39, 0.29) is 12.0 Å². The van der Waals surface area contributed by atoms with Gasteiger partial charge in [0.15, 0.2) is 0 Å². The molecule has 0 aromatic heterocycles. The van der Waals surface area contributed by atoms with Gasteiger partial charge >= 0.3 is 6.09 Å². The Morgan fingerprint density at radius 1 is 1.07 bits per heavy atom. The largest absolute Gasteiger partial charge is 0.444 e. The highest BCUT2D eigenvalue weighted by Crippen LogP contribution is 2.47. The molecule has 1 aliphatic carbocycles. The third-order valence-electron chi connectivity index (χ3n) is 4.44. The predicted octanol–water partition coefficient (Wildman–Crippen LogP) is 4.57. The van der Waals surface area contributed by atoms with E-state index in [9.17, 15) is 9.59 Å². The van der Waals surface area contributed by atoms with Crippen molar-refractivity contribution in [2.75, 3.05) is 11.9 Å². The maximum absolute atomic E-state index is 12.3. The molecule has 142 valence electrons. The molecule has 0 bridgehead atoms. The fourth-order valence-corrected chi connectivity index (χ4v) is 3.05. The number of alkyl carbamates (subject to hydrolysis) is 1. The quantitative estimate of drug-likeness (QED) is 0.815. The van der Waals surface area contributed by atoms with Crippen LogP contribution in [0.3, 0.4) is 0 Å². The minimum Gasteiger partial charge on any atom is -0.444 e. The molecule has 5 nitrogen and oxygen atoms in total. The van der Waals surface area contributed by atoms with Gasteiger partial charge in [0.1, 0.15) is 5.60 Å². The Balaban J connectivity index is 1.53. The van der Waals surface area contributed by atoms with E-state index >= 15 is 0 Å². The maximum Gasteiger partial charge on any atom is 0.407 e. The number of ether oxygens (including phenoxy) is 1. The van der Waals surface area contributed by atoms with Crippen LogP contribution in [0.5, 0.6) is 0 Å². The molecule has 0 heterocycles.